The van der Waals surface area contributed by atoms with E-state index >= 15 is 0 Å². The molecule has 1 heterocycles. The summed E-state index contributed by atoms with van der Waals surface area (Å²) in [5.41, 5.74) is 9.59. The average Bonchev–Trinajstić information content (AvgIpc) is 3.14. The maximum Gasteiger partial charge on any atom is 0.101 e. The molecule has 0 aliphatic heterocycles. The molecule has 2 N–H and O–H groups in total. The lowest BCUT2D eigenvalue weighted by Crippen LogP contribution is -2.25. The second-order valence-corrected chi connectivity index (χ2v) is 5.62. The fraction of sp³-hybridized carbons (Fsp3) is 0.267. The molecule has 0 radical (unpaired) electrons. The molecule has 0 atom stereocenters. The van der Waals surface area contributed by atoms with E-state index < -0.39 is 0 Å². The predicted molar refractivity (Wildman–Crippen MR) is 79.1 cm³/mol. The summed E-state index contributed by atoms with van der Waals surface area (Å²) >= 11 is 1.71. The van der Waals surface area contributed by atoms with Crippen molar-refractivity contribution in [1.82, 2.24) is 0 Å². The lowest BCUT2D eigenvalue weighted by Gasteiger charge is -2.26. The van der Waals surface area contributed by atoms with Gasteiger partial charge in [-0.25, -0.2) is 0 Å². The Hall–Kier alpha value is -1.99. The van der Waals surface area contributed by atoms with Crippen LogP contribution in [-0.4, -0.2) is 6.04 Å². The van der Waals surface area contributed by atoms with Gasteiger partial charge in [-0.2, -0.15) is 16.6 Å². The lowest BCUT2D eigenvalue weighted by atomic mass is 10.1. The van der Waals surface area contributed by atoms with Crippen molar-refractivity contribution in [3.63, 3.8) is 0 Å². The number of rotatable bonds is 4. The van der Waals surface area contributed by atoms with E-state index in [1.54, 1.807) is 17.4 Å². The predicted octanol–water partition coefficient (Wildman–Crippen LogP) is 3.37. The van der Waals surface area contributed by atoms with Gasteiger partial charge in [0.15, 0.2) is 0 Å². The Morgan fingerprint density at radius 2 is 2.21 bits per heavy atom. The van der Waals surface area contributed by atoms with E-state index in [9.17, 15) is 0 Å². The first kappa shape index (κ1) is 12.1. The highest BCUT2D eigenvalue weighted by molar-refractivity contribution is 7.07. The van der Waals surface area contributed by atoms with Gasteiger partial charge in [-0.05, 0) is 47.4 Å². The number of nitrogens with zero attached hydrogens (tertiary/aromatic N) is 2. The van der Waals surface area contributed by atoms with Gasteiger partial charge in [0.05, 0.1) is 16.9 Å². The number of para-hydroxylation sites is 1. The summed E-state index contributed by atoms with van der Waals surface area (Å²) in [5, 5.41) is 13.3. The number of thiophene rings is 1. The maximum absolute atomic E-state index is 9.09. The summed E-state index contributed by atoms with van der Waals surface area (Å²) in [6.07, 6.45) is 2.42. The van der Waals surface area contributed by atoms with Crippen molar-refractivity contribution in [3.8, 4) is 6.07 Å². The molecule has 1 aliphatic carbocycles. The van der Waals surface area contributed by atoms with Crippen LogP contribution < -0.4 is 10.6 Å². The summed E-state index contributed by atoms with van der Waals surface area (Å²) in [5.74, 6) is 0. The van der Waals surface area contributed by atoms with Gasteiger partial charge < -0.3 is 10.6 Å². The molecule has 0 amide bonds. The fourth-order valence-corrected chi connectivity index (χ4v) is 2.94. The molecular formula is C15H15N3S. The van der Waals surface area contributed by atoms with Crippen LogP contribution in [-0.2, 0) is 6.54 Å². The number of benzene rings is 1. The van der Waals surface area contributed by atoms with Gasteiger partial charge in [-0.1, -0.05) is 6.07 Å². The van der Waals surface area contributed by atoms with E-state index in [0.717, 1.165) is 12.2 Å². The summed E-state index contributed by atoms with van der Waals surface area (Å²) < 4.78 is 0. The lowest BCUT2D eigenvalue weighted by molar-refractivity contribution is 0.798. The quantitative estimate of drug-likeness (QED) is 0.866. The molecule has 1 aliphatic rings. The number of anilines is 2. The Labute approximate surface area is 116 Å². The van der Waals surface area contributed by atoms with Crippen molar-refractivity contribution < 1.29 is 0 Å². The van der Waals surface area contributed by atoms with E-state index in [4.69, 9.17) is 11.0 Å². The Balaban J connectivity index is 1.94. The number of nitrogen functional groups attached to an aromatic ring is 1. The van der Waals surface area contributed by atoms with Crippen LogP contribution in [0, 0.1) is 11.3 Å². The zero-order chi connectivity index (χ0) is 13.2. The van der Waals surface area contributed by atoms with Gasteiger partial charge >= 0.3 is 0 Å². The Bertz CT molecular complexity index is 609. The highest BCUT2D eigenvalue weighted by atomic mass is 32.1. The molecular weight excluding hydrogens is 254 g/mol. The topological polar surface area (TPSA) is 53.0 Å². The second kappa shape index (κ2) is 4.94. The summed E-state index contributed by atoms with van der Waals surface area (Å²) in [4.78, 5) is 2.33. The van der Waals surface area contributed by atoms with Crippen LogP contribution in [0.4, 0.5) is 11.4 Å². The number of hydrogen-bond acceptors (Lipinski definition) is 4. The van der Waals surface area contributed by atoms with Crippen LogP contribution in [0.2, 0.25) is 0 Å². The Morgan fingerprint density at radius 3 is 2.84 bits per heavy atom. The summed E-state index contributed by atoms with van der Waals surface area (Å²) in [6.45, 7) is 0.868. The molecule has 0 bridgehead atoms. The first-order chi connectivity index (χ1) is 9.29. The van der Waals surface area contributed by atoms with E-state index in [2.05, 4.69) is 27.8 Å². The Kier molecular flexibility index (Phi) is 3.14. The van der Waals surface area contributed by atoms with Crippen molar-refractivity contribution in [1.29, 1.82) is 5.26 Å². The van der Waals surface area contributed by atoms with E-state index in [1.165, 1.54) is 18.4 Å². The van der Waals surface area contributed by atoms with E-state index in [1.807, 2.05) is 12.1 Å². The monoisotopic (exact) mass is 269 g/mol. The van der Waals surface area contributed by atoms with Gasteiger partial charge in [0.2, 0.25) is 0 Å². The van der Waals surface area contributed by atoms with Crippen molar-refractivity contribution in [3.05, 3.63) is 46.2 Å². The number of hydrogen-bond donors (Lipinski definition) is 1. The van der Waals surface area contributed by atoms with Crippen molar-refractivity contribution in [2.24, 2.45) is 0 Å². The molecule has 0 unspecified atom stereocenters. The van der Waals surface area contributed by atoms with Crippen molar-refractivity contribution >= 4 is 22.7 Å². The number of nitrogens with two attached hydrogens (primary N) is 1. The van der Waals surface area contributed by atoms with Gasteiger partial charge in [0, 0.05) is 12.6 Å². The molecule has 0 saturated heterocycles. The molecule has 4 heteroatoms. The largest absolute Gasteiger partial charge is 0.396 e. The van der Waals surface area contributed by atoms with Crippen molar-refractivity contribution in [2.45, 2.75) is 25.4 Å². The molecule has 3 nitrogen and oxygen atoms in total. The summed E-state index contributed by atoms with van der Waals surface area (Å²) in [7, 11) is 0. The van der Waals surface area contributed by atoms with E-state index in [0.29, 0.717) is 17.3 Å². The first-order valence-corrected chi connectivity index (χ1v) is 7.30. The molecule has 1 fully saturated rings. The first-order valence-electron chi connectivity index (χ1n) is 6.36. The molecule has 96 valence electrons. The average molecular weight is 269 g/mol. The van der Waals surface area contributed by atoms with Gasteiger partial charge in [0.25, 0.3) is 0 Å². The third-order valence-electron chi connectivity index (χ3n) is 3.43. The fourth-order valence-electron chi connectivity index (χ4n) is 2.28. The minimum Gasteiger partial charge on any atom is -0.396 e. The van der Waals surface area contributed by atoms with Crippen molar-refractivity contribution in [2.75, 3.05) is 10.6 Å². The molecule has 19 heavy (non-hydrogen) atoms. The maximum atomic E-state index is 9.09. The molecule has 2 aromatic rings. The zero-order valence-corrected chi connectivity index (χ0v) is 11.4. The van der Waals surface area contributed by atoms with Crippen LogP contribution >= 0.6 is 11.3 Å². The van der Waals surface area contributed by atoms with Crippen LogP contribution in [0.25, 0.3) is 0 Å². The SMILES string of the molecule is N#Cc1cccc(N(Cc2ccsc2)C2CC2)c1N. The Morgan fingerprint density at radius 1 is 1.37 bits per heavy atom. The van der Waals surface area contributed by atoms with Crippen LogP contribution in [0.3, 0.4) is 0 Å². The third-order valence-corrected chi connectivity index (χ3v) is 4.17. The standard InChI is InChI=1S/C15H15N3S/c16-8-12-2-1-3-14(15(12)17)18(13-4-5-13)9-11-6-7-19-10-11/h1-3,6-7,10,13H,4-5,9,17H2. The normalized spacial score (nSPS) is 14.1. The van der Waals surface area contributed by atoms with Gasteiger partial charge in [-0.15, -0.1) is 0 Å². The highest BCUT2D eigenvalue weighted by Crippen LogP contribution is 2.37. The second-order valence-electron chi connectivity index (χ2n) is 4.84. The summed E-state index contributed by atoms with van der Waals surface area (Å²) in [6, 6.07) is 10.6. The number of nitriles is 1. The minimum atomic E-state index is 0.563. The van der Waals surface area contributed by atoms with Crippen LogP contribution in [0.15, 0.2) is 35.0 Å². The molecule has 0 spiro atoms. The third kappa shape index (κ3) is 2.42. The van der Waals surface area contributed by atoms with E-state index in [-0.39, 0.29) is 0 Å². The molecule has 3 rings (SSSR count). The molecule has 1 aromatic carbocycles. The zero-order valence-electron chi connectivity index (χ0n) is 10.5. The van der Waals surface area contributed by atoms with Gasteiger partial charge in [-0.3, -0.25) is 0 Å². The van der Waals surface area contributed by atoms with Crippen LogP contribution in [0.1, 0.15) is 24.0 Å². The van der Waals surface area contributed by atoms with Crippen LogP contribution in [0.5, 0.6) is 0 Å². The minimum absolute atomic E-state index is 0.563. The highest BCUT2D eigenvalue weighted by Gasteiger charge is 2.30. The van der Waals surface area contributed by atoms with Gasteiger partial charge in [0.1, 0.15) is 6.07 Å². The smallest absolute Gasteiger partial charge is 0.101 e. The molecule has 1 saturated carbocycles. The molecule has 1 aromatic heterocycles.